The van der Waals surface area contributed by atoms with Gasteiger partial charge in [0.2, 0.25) is 0 Å². The fraction of sp³-hybridized carbons (Fsp3) is 0. The maximum atomic E-state index is 13.7. The summed E-state index contributed by atoms with van der Waals surface area (Å²) in [6, 6.07) is 6.70. The zero-order chi connectivity index (χ0) is 15.8. The van der Waals surface area contributed by atoms with Gasteiger partial charge >= 0.3 is 0 Å². The first-order chi connectivity index (χ1) is 9.70. The molecule has 0 saturated carbocycles. The van der Waals surface area contributed by atoms with Gasteiger partial charge in [-0.25, -0.2) is 12.8 Å². The maximum absolute atomic E-state index is 13.7. The lowest BCUT2D eigenvalue weighted by Crippen LogP contribution is -2.15. The van der Waals surface area contributed by atoms with Gasteiger partial charge in [0.25, 0.3) is 10.0 Å². The third-order valence-corrected chi connectivity index (χ3v) is 5.56. The number of nitrogens with one attached hydrogen (secondary N) is 1. The Balaban J connectivity index is 2.50. The second-order valence-electron chi connectivity index (χ2n) is 4.04. The Morgan fingerprint density at radius 1 is 1.05 bits per heavy atom. The monoisotopic (exact) mass is 500 g/mol. The summed E-state index contributed by atoms with van der Waals surface area (Å²) < 4.78 is 42.4. The van der Waals surface area contributed by atoms with Crippen LogP contribution in [0.25, 0.3) is 0 Å². The van der Waals surface area contributed by atoms with E-state index < -0.39 is 20.7 Å². The summed E-state index contributed by atoms with van der Waals surface area (Å²) >= 11 is 9.78. The molecule has 0 saturated heterocycles. The molecule has 2 aromatic rings. The van der Waals surface area contributed by atoms with E-state index in [0.717, 1.165) is 16.6 Å². The van der Waals surface area contributed by atoms with Crippen LogP contribution in [-0.4, -0.2) is 8.42 Å². The minimum absolute atomic E-state index is 0.158. The number of sulfonamides is 1. The largest absolute Gasteiger partial charge is 0.399 e. The van der Waals surface area contributed by atoms with E-state index in [1.165, 1.54) is 6.07 Å². The first kappa shape index (κ1) is 16.7. The van der Waals surface area contributed by atoms with Gasteiger partial charge in [-0.2, -0.15) is 0 Å². The lowest BCUT2D eigenvalue weighted by molar-refractivity contribution is 0.570. The molecule has 0 aliphatic rings. The van der Waals surface area contributed by atoms with Crippen molar-refractivity contribution >= 4 is 69.2 Å². The Bertz CT molecular complexity index is 789. The maximum Gasteiger partial charge on any atom is 0.264 e. The molecule has 3 N–H and O–H groups in total. The Morgan fingerprint density at radius 3 is 2.19 bits per heavy atom. The van der Waals surface area contributed by atoms with Crippen molar-refractivity contribution in [1.29, 1.82) is 0 Å². The number of benzene rings is 2. The van der Waals surface area contributed by atoms with Crippen LogP contribution in [0, 0.1) is 5.82 Å². The second kappa shape index (κ2) is 6.23. The number of halogens is 4. The summed E-state index contributed by atoms with van der Waals surface area (Å²) in [5.74, 6) is -0.874. The van der Waals surface area contributed by atoms with E-state index >= 15 is 0 Å². The molecule has 2 aromatic carbocycles. The van der Waals surface area contributed by atoms with Gasteiger partial charge in [-0.3, -0.25) is 4.72 Å². The van der Waals surface area contributed by atoms with E-state index in [2.05, 4.69) is 52.5 Å². The molecular weight excluding hydrogens is 495 g/mol. The fourth-order valence-electron chi connectivity index (χ4n) is 1.55. The van der Waals surface area contributed by atoms with Crippen LogP contribution in [0.2, 0.25) is 0 Å². The summed E-state index contributed by atoms with van der Waals surface area (Å²) in [5.41, 5.74) is 5.94. The molecule has 0 amide bonds. The Labute approximate surface area is 146 Å². The van der Waals surface area contributed by atoms with Crippen LogP contribution in [0.5, 0.6) is 0 Å². The van der Waals surface area contributed by atoms with Crippen molar-refractivity contribution in [1.82, 2.24) is 0 Å². The van der Waals surface area contributed by atoms with Gasteiger partial charge in [-0.15, -0.1) is 0 Å². The first-order valence-corrected chi connectivity index (χ1v) is 9.29. The summed E-state index contributed by atoms with van der Waals surface area (Å²) in [6.45, 7) is 0. The topological polar surface area (TPSA) is 72.2 Å². The summed E-state index contributed by atoms with van der Waals surface area (Å²) in [4.78, 5) is -0.510. The van der Waals surface area contributed by atoms with Gasteiger partial charge in [0.1, 0.15) is 10.7 Å². The van der Waals surface area contributed by atoms with Crippen molar-refractivity contribution in [3.05, 3.63) is 49.6 Å². The molecule has 0 radical (unpaired) electrons. The molecule has 0 aliphatic carbocycles. The number of rotatable bonds is 3. The van der Waals surface area contributed by atoms with Gasteiger partial charge in [-0.05, 0) is 62.2 Å². The van der Waals surface area contributed by atoms with Crippen molar-refractivity contribution < 1.29 is 12.8 Å². The minimum Gasteiger partial charge on any atom is -0.399 e. The number of hydrogen-bond donors (Lipinski definition) is 2. The van der Waals surface area contributed by atoms with Gasteiger partial charge in [0.15, 0.2) is 0 Å². The molecule has 0 fully saturated rings. The lowest BCUT2D eigenvalue weighted by Gasteiger charge is -2.13. The molecule has 0 aromatic heterocycles. The SMILES string of the molecule is Nc1ccc(F)c(S(=O)(=O)Nc2c(Br)cc(Br)cc2Br)c1. The van der Waals surface area contributed by atoms with Crippen LogP contribution in [-0.2, 0) is 10.0 Å². The molecule has 4 nitrogen and oxygen atoms in total. The standard InChI is InChI=1S/C12H8Br3FN2O2S/c13-6-3-8(14)12(9(15)4-6)18-21(19,20)11-5-7(17)1-2-10(11)16/h1-5,18H,17H2. The van der Waals surface area contributed by atoms with Crippen molar-refractivity contribution in [2.24, 2.45) is 0 Å². The third kappa shape index (κ3) is 3.77. The second-order valence-corrected chi connectivity index (χ2v) is 8.31. The first-order valence-electron chi connectivity index (χ1n) is 5.43. The number of anilines is 2. The highest BCUT2D eigenvalue weighted by Gasteiger charge is 2.22. The average molecular weight is 503 g/mol. The van der Waals surface area contributed by atoms with E-state index in [1.54, 1.807) is 12.1 Å². The summed E-state index contributed by atoms with van der Waals surface area (Å²) in [6.07, 6.45) is 0. The molecule has 0 spiro atoms. The molecule has 112 valence electrons. The van der Waals surface area contributed by atoms with Gasteiger partial charge < -0.3 is 5.73 Å². The Hall–Kier alpha value is -0.640. The lowest BCUT2D eigenvalue weighted by atomic mass is 10.3. The van der Waals surface area contributed by atoms with Crippen molar-refractivity contribution in [2.75, 3.05) is 10.5 Å². The van der Waals surface area contributed by atoms with Crippen LogP contribution < -0.4 is 10.5 Å². The summed E-state index contributed by atoms with van der Waals surface area (Å²) in [5, 5.41) is 0. The summed E-state index contributed by atoms with van der Waals surface area (Å²) in [7, 11) is -4.10. The van der Waals surface area contributed by atoms with E-state index in [1.807, 2.05) is 0 Å². The van der Waals surface area contributed by atoms with Crippen molar-refractivity contribution in [2.45, 2.75) is 4.90 Å². The van der Waals surface area contributed by atoms with Crippen molar-refractivity contribution in [3.63, 3.8) is 0 Å². The molecule has 0 aliphatic heterocycles. The molecule has 0 atom stereocenters. The van der Waals surface area contributed by atoms with E-state index in [-0.39, 0.29) is 11.4 Å². The van der Waals surface area contributed by atoms with Crippen LogP contribution >= 0.6 is 47.8 Å². The van der Waals surface area contributed by atoms with Crippen LogP contribution in [0.1, 0.15) is 0 Å². The highest BCUT2D eigenvalue weighted by Crippen LogP contribution is 2.36. The third-order valence-electron chi connectivity index (χ3n) is 2.49. The highest BCUT2D eigenvalue weighted by molar-refractivity contribution is 9.11. The quantitative estimate of drug-likeness (QED) is 0.607. The Morgan fingerprint density at radius 2 is 1.62 bits per heavy atom. The number of nitrogen functional groups attached to an aromatic ring is 1. The highest BCUT2D eigenvalue weighted by atomic mass is 79.9. The van der Waals surface area contributed by atoms with E-state index in [0.29, 0.717) is 8.95 Å². The average Bonchev–Trinajstić information content (AvgIpc) is 2.36. The molecule has 0 unspecified atom stereocenters. The van der Waals surface area contributed by atoms with E-state index in [9.17, 15) is 12.8 Å². The minimum atomic E-state index is -4.10. The van der Waals surface area contributed by atoms with Gasteiger partial charge in [0.05, 0.1) is 5.69 Å². The number of nitrogens with two attached hydrogens (primary N) is 1. The zero-order valence-electron chi connectivity index (χ0n) is 10.2. The van der Waals surface area contributed by atoms with Crippen LogP contribution in [0.15, 0.2) is 48.6 Å². The van der Waals surface area contributed by atoms with E-state index in [4.69, 9.17) is 5.73 Å². The smallest absolute Gasteiger partial charge is 0.264 e. The van der Waals surface area contributed by atoms with Gasteiger partial charge in [0, 0.05) is 19.1 Å². The van der Waals surface area contributed by atoms with Gasteiger partial charge in [-0.1, -0.05) is 15.9 Å². The molecular formula is C12H8Br3FN2O2S. The fourth-order valence-corrected chi connectivity index (χ4v) is 5.49. The van der Waals surface area contributed by atoms with Crippen molar-refractivity contribution in [3.8, 4) is 0 Å². The van der Waals surface area contributed by atoms with Crippen LogP contribution in [0.3, 0.4) is 0 Å². The molecule has 0 heterocycles. The zero-order valence-corrected chi connectivity index (χ0v) is 15.8. The molecule has 2 rings (SSSR count). The molecule has 21 heavy (non-hydrogen) atoms. The predicted molar refractivity (Wildman–Crippen MR) is 91.2 cm³/mol. The Kier molecular flexibility index (Phi) is 4.96. The number of hydrogen-bond acceptors (Lipinski definition) is 3. The normalized spacial score (nSPS) is 11.4. The molecule has 0 bridgehead atoms. The predicted octanol–water partition coefficient (Wildman–Crippen LogP) is 4.50. The van der Waals surface area contributed by atoms with Crippen LogP contribution in [0.4, 0.5) is 15.8 Å². The molecule has 9 heteroatoms.